The highest BCUT2D eigenvalue weighted by Gasteiger charge is 2.40. The van der Waals surface area contributed by atoms with Crippen LogP contribution in [0.4, 0.5) is 0 Å². The Bertz CT molecular complexity index is 607. The minimum absolute atomic E-state index is 0.539. The molecule has 4 heterocycles. The lowest BCUT2D eigenvalue weighted by Crippen LogP contribution is -2.37. The summed E-state index contributed by atoms with van der Waals surface area (Å²) in [6, 6.07) is 5.71. The van der Waals surface area contributed by atoms with Crippen LogP contribution in [0.1, 0.15) is 39.9 Å². The molecule has 2 aliphatic rings. The van der Waals surface area contributed by atoms with Crippen LogP contribution in [0.25, 0.3) is 0 Å². The summed E-state index contributed by atoms with van der Waals surface area (Å²) >= 11 is 1.92. The maximum Gasteiger partial charge on any atom is 0.115 e. The van der Waals surface area contributed by atoms with Gasteiger partial charge in [-0.15, -0.1) is 11.3 Å². The van der Waals surface area contributed by atoms with Crippen LogP contribution in [0, 0.1) is 6.92 Å². The van der Waals surface area contributed by atoms with Crippen molar-refractivity contribution in [3.05, 3.63) is 45.7 Å². The molecule has 1 fully saturated rings. The minimum atomic E-state index is 0.539. The van der Waals surface area contributed by atoms with Gasteiger partial charge in [0.2, 0.25) is 0 Å². The summed E-state index contributed by atoms with van der Waals surface area (Å²) in [6.45, 7) is 3.27. The Morgan fingerprint density at radius 1 is 1.37 bits per heavy atom. The molecule has 2 aromatic rings. The van der Waals surface area contributed by atoms with Gasteiger partial charge in [0.15, 0.2) is 0 Å². The SMILES string of the molecule is Cc1ccc(CN2C3CCC2c2cncnc2C3)s1. The fourth-order valence-electron chi connectivity index (χ4n) is 3.52. The lowest BCUT2D eigenvalue weighted by molar-refractivity contribution is 0.168. The zero-order chi connectivity index (χ0) is 12.8. The molecule has 2 unspecified atom stereocenters. The summed E-state index contributed by atoms with van der Waals surface area (Å²) in [5.41, 5.74) is 2.64. The van der Waals surface area contributed by atoms with E-state index in [0.717, 1.165) is 13.0 Å². The Morgan fingerprint density at radius 3 is 3.16 bits per heavy atom. The first-order valence-corrected chi connectivity index (χ1v) is 7.73. The van der Waals surface area contributed by atoms with Crippen molar-refractivity contribution in [1.29, 1.82) is 0 Å². The first-order valence-electron chi connectivity index (χ1n) is 6.91. The third-order valence-electron chi connectivity index (χ3n) is 4.39. The second-order valence-electron chi connectivity index (χ2n) is 5.56. The number of hydrogen-bond acceptors (Lipinski definition) is 4. The van der Waals surface area contributed by atoms with Crippen molar-refractivity contribution in [2.75, 3.05) is 0 Å². The zero-order valence-corrected chi connectivity index (χ0v) is 11.9. The normalized spacial score (nSPS) is 25.5. The highest BCUT2D eigenvalue weighted by Crippen LogP contribution is 2.43. The van der Waals surface area contributed by atoms with Crippen LogP contribution in [0.15, 0.2) is 24.7 Å². The molecule has 2 atom stereocenters. The molecule has 2 aliphatic heterocycles. The number of fused-ring (bicyclic) bond motifs is 4. The lowest BCUT2D eigenvalue weighted by atomic mass is 9.99. The van der Waals surface area contributed by atoms with E-state index in [1.807, 2.05) is 17.5 Å². The lowest BCUT2D eigenvalue weighted by Gasteiger charge is -2.35. The molecule has 0 N–H and O–H groups in total. The summed E-state index contributed by atoms with van der Waals surface area (Å²) in [7, 11) is 0. The van der Waals surface area contributed by atoms with Gasteiger partial charge in [-0.2, -0.15) is 0 Å². The van der Waals surface area contributed by atoms with Gasteiger partial charge in [-0.3, -0.25) is 4.90 Å². The van der Waals surface area contributed by atoms with Crippen molar-refractivity contribution in [2.24, 2.45) is 0 Å². The molecule has 0 spiro atoms. The number of rotatable bonds is 2. The van der Waals surface area contributed by atoms with E-state index in [1.165, 1.54) is 33.9 Å². The highest BCUT2D eigenvalue weighted by molar-refractivity contribution is 7.11. The Kier molecular flexibility index (Phi) is 2.67. The van der Waals surface area contributed by atoms with Crippen LogP contribution >= 0.6 is 11.3 Å². The van der Waals surface area contributed by atoms with Crippen LogP contribution in [0.3, 0.4) is 0 Å². The number of aryl methyl sites for hydroxylation is 1. The molecule has 0 amide bonds. The topological polar surface area (TPSA) is 29.0 Å². The molecule has 0 radical (unpaired) electrons. The third-order valence-corrected chi connectivity index (χ3v) is 5.38. The third kappa shape index (κ3) is 1.90. The molecule has 2 bridgehead atoms. The number of hydrogen-bond donors (Lipinski definition) is 0. The average molecular weight is 271 g/mol. The quantitative estimate of drug-likeness (QED) is 0.840. The molecule has 2 aromatic heterocycles. The summed E-state index contributed by atoms with van der Waals surface area (Å²) < 4.78 is 0. The Labute approximate surface area is 117 Å². The number of aromatic nitrogens is 2. The maximum absolute atomic E-state index is 4.47. The first-order chi connectivity index (χ1) is 9.31. The van der Waals surface area contributed by atoms with Gasteiger partial charge >= 0.3 is 0 Å². The van der Waals surface area contributed by atoms with Crippen molar-refractivity contribution in [3.8, 4) is 0 Å². The fourth-order valence-corrected chi connectivity index (χ4v) is 4.42. The van der Waals surface area contributed by atoms with E-state index >= 15 is 0 Å². The van der Waals surface area contributed by atoms with E-state index in [9.17, 15) is 0 Å². The molecule has 3 nitrogen and oxygen atoms in total. The summed E-state index contributed by atoms with van der Waals surface area (Å²) in [5, 5.41) is 0. The van der Waals surface area contributed by atoms with E-state index in [2.05, 4.69) is 33.9 Å². The Balaban J connectivity index is 1.65. The highest BCUT2D eigenvalue weighted by atomic mass is 32.1. The molecule has 0 aliphatic carbocycles. The van der Waals surface area contributed by atoms with Crippen LogP contribution in [0.2, 0.25) is 0 Å². The second kappa shape index (κ2) is 4.39. The standard InChI is InChI=1S/C15H17N3S/c1-10-2-4-12(19-10)8-18-11-3-5-15(18)13-7-16-9-17-14(13)6-11/h2,4,7,9,11,15H,3,5-6,8H2,1H3. The van der Waals surface area contributed by atoms with Gasteiger partial charge in [0.05, 0.1) is 5.69 Å². The number of thiophene rings is 1. The predicted octanol–water partition coefficient (Wildman–Crippen LogP) is 3.11. The molecule has 0 saturated carbocycles. The van der Waals surface area contributed by atoms with Gasteiger partial charge in [-0.1, -0.05) is 0 Å². The van der Waals surface area contributed by atoms with Crippen molar-refractivity contribution < 1.29 is 0 Å². The van der Waals surface area contributed by atoms with Gasteiger partial charge in [-0.05, 0) is 31.9 Å². The van der Waals surface area contributed by atoms with Crippen LogP contribution < -0.4 is 0 Å². The van der Waals surface area contributed by atoms with Crippen molar-refractivity contribution >= 4 is 11.3 Å². The number of nitrogens with zero attached hydrogens (tertiary/aromatic N) is 3. The van der Waals surface area contributed by atoms with Crippen molar-refractivity contribution in [1.82, 2.24) is 14.9 Å². The van der Waals surface area contributed by atoms with Crippen LogP contribution in [-0.2, 0) is 13.0 Å². The van der Waals surface area contributed by atoms with Crippen LogP contribution in [-0.4, -0.2) is 20.9 Å². The summed E-state index contributed by atoms with van der Waals surface area (Å²) in [4.78, 5) is 14.2. The first kappa shape index (κ1) is 11.6. The molecule has 98 valence electrons. The Morgan fingerprint density at radius 2 is 2.32 bits per heavy atom. The van der Waals surface area contributed by atoms with E-state index in [0.29, 0.717) is 12.1 Å². The van der Waals surface area contributed by atoms with Gasteiger partial charge in [0.25, 0.3) is 0 Å². The largest absolute Gasteiger partial charge is 0.288 e. The molecule has 0 aromatic carbocycles. The predicted molar refractivity (Wildman–Crippen MR) is 76.1 cm³/mol. The van der Waals surface area contributed by atoms with Gasteiger partial charge in [0.1, 0.15) is 6.33 Å². The molecule has 19 heavy (non-hydrogen) atoms. The van der Waals surface area contributed by atoms with E-state index < -0.39 is 0 Å². The second-order valence-corrected chi connectivity index (χ2v) is 6.93. The smallest absolute Gasteiger partial charge is 0.115 e. The molecular weight excluding hydrogens is 254 g/mol. The van der Waals surface area contributed by atoms with Gasteiger partial charge < -0.3 is 0 Å². The summed E-state index contributed by atoms with van der Waals surface area (Å²) in [5.74, 6) is 0. The van der Waals surface area contributed by atoms with E-state index in [4.69, 9.17) is 0 Å². The maximum atomic E-state index is 4.47. The molecule has 4 rings (SSSR count). The monoisotopic (exact) mass is 271 g/mol. The van der Waals surface area contributed by atoms with Crippen LogP contribution in [0.5, 0.6) is 0 Å². The van der Waals surface area contributed by atoms with Crippen molar-refractivity contribution in [2.45, 2.75) is 44.8 Å². The average Bonchev–Trinajstić information content (AvgIpc) is 2.94. The van der Waals surface area contributed by atoms with E-state index in [1.54, 1.807) is 6.33 Å². The minimum Gasteiger partial charge on any atom is -0.288 e. The van der Waals surface area contributed by atoms with E-state index in [-0.39, 0.29) is 0 Å². The van der Waals surface area contributed by atoms with Gasteiger partial charge in [0, 0.05) is 46.6 Å². The fraction of sp³-hybridized carbons (Fsp3) is 0.467. The molecule has 1 saturated heterocycles. The van der Waals surface area contributed by atoms with Crippen molar-refractivity contribution in [3.63, 3.8) is 0 Å². The molecule has 4 heteroatoms. The Hall–Kier alpha value is -1.26. The molecular formula is C15H17N3S. The van der Waals surface area contributed by atoms with Gasteiger partial charge in [-0.25, -0.2) is 9.97 Å². The zero-order valence-electron chi connectivity index (χ0n) is 11.0. The summed E-state index contributed by atoms with van der Waals surface area (Å²) in [6.07, 6.45) is 7.37.